The van der Waals surface area contributed by atoms with Gasteiger partial charge in [0, 0.05) is 16.1 Å². The average Bonchev–Trinajstić information content (AvgIpc) is 2.32. The number of benzene rings is 1. The van der Waals surface area contributed by atoms with Crippen molar-refractivity contribution in [2.24, 2.45) is 0 Å². The highest BCUT2D eigenvalue weighted by Gasteiger charge is 2.06. The van der Waals surface area contributed by atoms with E-state index < -0.39 is 0 Å². The lowest BCUT2D eigenvalue weighted by Crippen LogP contribution is -2.35. The Morgan fingerprint density at radius 3 is 2.50 bits per heavy atom. The van der Waals surface area contributed by atoms with Crippen LogP contribution in [0.15, 0.2) is 24.3 Å². The Hall–Kier alpha value is -1.03. The summed E-state index contributed by atoms with van der Waals surface area (Å²) in [6.45, 7) is 1.82. The van der Waals surface area contributed by atoms with E-state index in [9.17, 15) is 4.79 Å². The van der Waals surface area contributed by atoms with E-state index in [1.165, 1.54) is 6.08 Å². The monoisotopic (exact) mass is 287 g/mol. The van der Waals surface area contributed by atoms with Crippen molar-refractivity contribution in [2.45, 2.75) is 19.4 Å². The van der Waals surface area contributed by atoms with E-state index in [-0.39, 0.29) is 18.6 Å². The quantitative estimate of drug-likeness (QED) is 0.818. The molecule has 0 saturated heterocycles. The predicted octanol–water partition coefficient (Wildman–Crippen LogP) is 2.89. The standard InChI is InChI=1S/C13H15Cl2NO2/c1-2-12(8-17)16-13(18)4-3-9-5-10(14)7-11(15)6-9/h3-7,12,17H,2,8H2,1H3,(H,16,18)/b4-3+. The summed E-state index contributed by atoms with van der Waals surface area (Å²) in [4.78, 5) is 11.5. The van der Waals surface area contributed by atoms with Crippen LogP contribution in [0.2, 0.25) is 10.0 Å². The van der Waals surface area contributed by atoms with E-state index in [2.05, 4.69) is 5.32 Å². The highest BCUT2D eigenvalue weighted by atomic mass is 35.5. The molecule has 1 aromatic carbocycles. The molecule has 0 bridgehead atoms. The van der Waals surface area contributed by atoms with Crippen LogP contribution in [0, 0.1) is 0 Å². The van der Waals surface area contributed by atoms with E-state index in [1.54, 1.807) is 24.3 Å². The molecule has 0 fully saturated rings. The number of nitrogens with one attached hydrogen (secondary N) is 1. The first-order valence-electron chi connectivity index (χ1n) is 5.60. The maximum Gasteiger partial charge on any atom is 0.244 e. The first-order chi connectivity index (χ1) is 8.55. The third-order valence-corrected chi connectivity index (χ3v) is 2.81. The second kappa shape index (κ2) is 7.41. The zero-order valence-electron chi connectivity index (χ0n) is 9.99. The van der Waals surface area contributed by atoms with Crippen molar-refractivity contribution in [3.8, 4) is 0 Å². The molecule has 1 unspecified atom stereocenters. The summed E-state index contributed by atoms with van der Waals surface area (Å²) in [7, 11) is 0. The van der Waals surface area contributed by atoms with Gasteiger partial charge in [-0.1, -0.05) is 30.1 Å². The molecule has 0 aliphatic rings. The number of carbonyl (C=O) groups excluding carboxylic acids is 1. The van der Waals surface area contributed by atoms with Crippen LogP contribution in [0.5, 0.6) is 0 Å². The number of halogens is 2. The lowest BCUT2D eigenvalue weighted by atomic mass is 10.2. The summed E-state index contributed by atoms with van der Waals surface area (Å²) in [6.07, 6.45) is 3.69. The van der Waals surface area contributed by atoms with Crippen LogP contribution in [0.3, 0.4) is 0 Å². The van der Waals surface area contributed by atoms with Crippen molar-refractivity contribution in [2.75, 3.05) is 6.61 Å². The van der Waals surface area contributed by atoms with Crippen LogP contribution in [-0.2, 0) is 4.79 Å². The van der Waals surface area contributed by atoms with Crippen LogP contribution < -0.4 is 5.32 Å². The van der Waals surface area contributed by atoms with Crippen LogP contribution >= 0.6 is 23.2 Å². The first kappa shape index (κ1) is 15.0. The average molecular weight is 288 g/mol. The molecule has 1 aromatic rings. The number of hydrogen-bond donors (Lipinski definition) is 2. The van der Waals surface area contributed by atoms with Crippen molar-refractivity contribution in [1.82, 2.24) is 5.32 Å². The van der Waals surface area contributed by atoms with Crippen LogP contribution in [0.25, 0.3) is 6.08 Å². The van der Waals surface area contributed by atoms with E-state index in [0.29, 0.717) is 16.5 Å². The van der Waals surface area contributed by atoms with Gasteiger partial charge in [-0.05, 0) is 36.3 Å². The Labute approximate surface area is 116 Å². The summed E-state index contributed by atoms with van der Waals surface area (Å²) in [6, 6.07) is 4.82. The molecule has 0 aliphatic carbocycles. The van der Waals surface area contributed by atoms with Crippen LogP contribution in [-0.4, -0.2) is 23.7 Å². The number of hydrogen-bond acceptors (Lipinski definition) is 2. The van der Waals surface area contributed by atoms with Gasteiger partial charge >= 0.3 is 0 Å². The number of rotatable bonds is 5. The van der Waals surface area contributed by atoms with E-state index in [1.807, 2.05) is 6.92 Å². The molecule has 3 nitrogen and oxygen atoms in total. The van der Waals surface area contributed by atoms with Gasteiger partial charge in [0.1, 0.15) is 0 Å². The van der Waals surface area contributed by atoms with Gasteiger partial charge in [-0.15, -0.1) is 0 Å². The summed E-state index contributed by atoms with van der Waals surface area (Å²) >= 11 is 11.7. The molecule has 1 amide bonds. The third-order valence-electron chi connectivity index (χ3n) is 2.37. The normalized spacial score (nSPS) is 12.7. The minimum atomic E-state index is -0.257. The van der Waals surface area contributed by atoms with Gasteiger partial charge in [0.2, 0.25) is 5.91 Å². The van der Waals surface area contributed by atoms with Crippen molar-refractivity contribution < 1.29 is 9.90 Å². The third kappa shape index (κ3) is 5.08. The summed E-state index contributed by atoms with van der Waals surface area (Å²) < 4.78 is 0. The number of aliphatic hydroxyl groups is 1. The fraction of sp³-hybridized carbons (Fsp3) is 0.308. The molecule has 2 N–H and O–H groups in total. The topological polar surface area (TPSA) is 49.3 Å². The van der Waals surface area contributed by atoms with Crippen molar-refractivity contribution in [3.05, 3.63) is 39.9 Å². The van der Waals surface area contributed by atoms with Gasteiger partial charge in [-0.3, -0.25) is 4.79 Å². The van der Waals surface area contributed by atoms with Crippen molar-refractivity contribution in [1.29, 1.82) is 0 Å². The Balaban J connectivity index is 2.65. The molecule has 98 valence electrons. The lowest BCUT2D eigenvalue weighted by Gasteiger charge is -2.11. The highest BCUT2D eigenvalue weighted by Crippen LogP contribution is 2.19. The minimum absolute atomic E-state index is 0.0704. The molecule has 1 atom stereocenters. The Morgan fingerprint density at radius 1 is 1.39 bits per heavy atom. The predicted molar refractivity (Wildman–Crippen MR) is 74.8 cm³/mol. The molecule has 0 heterocycles. The number of carbonyl (C=O) groups is 1. The Bertz CT molecular complexity index is 422. The smallest absolute Gasteiger partial charge is 0.244 e. The molecule has 0 aromatic heterocycles. The van der Waals surface area contributed by atoms with Gasteiger partial charge in [0.15, 0.2) is 0 Å². The fourth-order valence-corrected chi connectivity index (χ4v) is 1.91. The van der Waals surface area contributed by atoms with Crippen LogP contribution in [0.1, 0.15) is 18.9 Å². The summed E-state index contributed by atoms with van der Waals surface area (Å²) in [5, 5.41) is 12.7. The molecule has 1 rings (SSSR count). The summed E-state index contributed by atoms with van der Waals surface area (Å²) in [5.74, 6) is -0.257. The van der Waals surface area contributed by atoms with Gasteiger partial charge in [0.25, 0.3) is 0 Å². The van der Waals surface area contributed by atoms with E-state index in [0.717, 1.165) is 5.56 Å². The number of amides is 1. The maximum atomic E-state index is 11.5. The largest absolute Gasteiger partial charge is 0.394 e. The molecule has 5 heteroatoms. The van der Waals surface area contributed by atoms with Gasteiger partial charge in [-0.25, -0.2) is 0 Å². The highest BCUT2D eigenvalue weighted by molar-refractivity contribution is 6.34. The maximum absolute atomic E-state index is 11.5. The van der Waals surface area contributed by atoms with Gasteiger partial charge in [-0.2, -0.15) is 0 Å². The Kier molecular flexibility index (Phi) is 6.19. The zero-order valence-corrected chi connectivity index (χ0v) is 11.5. The molecule has 0 radical (unpaired) electrons. The lowest BCUT2D eigenvalue weighted by molar-refractivity contribution is -0.117. The molecule has 0 saturated carbocycles. The molecule has 0 aliphatic heterocycles. The first-order valence-corrected chi connectivity index (χ1v) is 6.36. The minimum Gasteiger partial charge on any atom is -0.394 e. The molecular weight excluding hydrogens is 273 g/mol. The zero-order chi connectivity index (χ0) is 13.5. The Morgan fingerprint density at radius 2 is 2.00 bits per heavy atom. The molecular formula is C13H15Cl2NO2. The van der Waals surface area contributed by atoms with Gasteiger partial charge < -0.3 is 10.4 Å². The van der Waals surface area contributed by atoms with Crippen LogP contribution in [0.4, 0.5) is 0 Å². The summed E-state index contributed by atoms with van der Waals surface area (Å²) in [5.41, 5.74) is 0.750. The second-order valence-electron chi connectivity index (χ2n) is 3.83. The molecule has 18 heavy (non-hydrogen) atoms. The fourth-order valence-electron chi connectivity index (χ4n) is 1.37. The van der Waals surface area contributed by atoms with Crippen molar-refractivity contribution in [3.63, 3.8) is 0 Å². The van der Waals surface area contributed by atoms with Crippen molar-refractivity contribution >= 4 is 35.2 Å². The van der Waals surface area contributed by atoms with Gasteiger partial charge in [0.05, 0.1) is 12.6 Å². The van der Waals surface area contributed by atoms with E-state index >= 15 is 0 Å². The second-order valence-corrected chi connectivity index (χ2v) is 4.71. The molecule has 0 spiro atoms. The number of aliphatic hydroxyl groups excluding tert-OH is 1. The SMILES string of the molecule is CCC(CO)NC(=O)/C=C/c1cc(Cl)cc(Cl)c1. The van der Waals surface area contributed by atoms with E-state index in [4.69, 9.17) is 28.3 Å².